The Balaban J connectivity index is 2.67. The van der Waals surface area contributed by atoms with E-state index in [1.807, 2.05) is 19.9 Å². The Morgan fingerprint density at radius 2 is 2.31 bits per heavy atom. The van der Waals surface area contributed by atoms with Gasteiger partial charge in [-0.05, 0) is 26.0 Å². The largest absolute Gasteiger partial charge is 0.487 e. The fraction of sp³-hybridized carbons (Fsp3) is 0.455. The Hall–Kier alpha value is -1.78. The number of hydrogen-bond donors (Lipinski definition) is 2. The van der Waals surface area contributed by atoms with Crippen molar-refractivity contribution in [1.29, 1.82) is 0 Å². The minimum absolute atomic E-state index is 0.0738. The highest BCUT2D eigenvalue weighted by Gasteiger charge is 2.07. The number of likely N-dealkylation sites (N-methyl/N-ethyl adjacent to an activating group) is 1. The van der Waals surface area contributed by atoms with Crippen LogP contribution >= 0.6 is 0 Å². The van der Waals surface area contributed by atoms with Crippen LogP contribution in [0.1, 0.15) is 13.8 Å². The molecule has 0 aliphatic carbocycles. The molecule has 1 amide bonds. The van der Waals surface area contributed by atoms with E-state index in [4.69, 9.17) is 4.74 Å². The average molecular weight is 223 g/mol. The predicted octanol–water partition coefficient (Wildman–Crippen LogP) is 1.03. The van der Waals surface area contributed by atoms with E-state index in [1.165, 1.54) is 0 Å². The molecule has 2 N–H and O–H groups in total. The van der Waals surface area contributed by atoms with E-state index in [2.05, 4.69) is 15.6 Å². The lowest BCUT2D eigenvalue weighted by molar-refractivity contribution is -0.118. The highest BCUT2D eigenvalue weighted by molar-refractivity contribution is 5.80. The molecular weight excluding hydrogens is 206 g/mol. The van der Waals surface area contributed by atoms with Crippen LogP contribution in [0.25, 0.3) is 0 Å². The molecule has 0 spiro atoms. The summed E-state index contributed by atoms with van der Waals surface area (Å²) in [5.41, 5.74) is 0. The summed E-state index contributed by atoms with van der Waals surface area (Å²) >= 11 is 0. The van der Waals surface area contributed by atoms with E-state index in [0.717, 1.165) is 0 Å². The molecule has 5 nitrogen and oxygen atoms in total. The van der Waals surface area contributed by atoms with Gasteiger partial charge in [0.2, 0.25) is 5.91 Å². The van der Waals surface area contributed by atoms with Crippen molar-refractivity contribution in [1.82, 2.24) is 10.3 Å². The molecule has 0 aliphatic heterocycles. The Morgan fingerprint density at radius 1 is 1.56 bits per heavy atom. The quantitative estimate of drug-likeness (QED) is 0.782. The van der Waals surface area contributed by atoms with Crippen molar-refractivity contribution >= 4 is 11.7 Å². The fourth-order valence-corrected chi connectivity index (χ4v) is 1.12. The zero-order chi connectivity index (χ0) is 12.0. The van der Waals surface area contributed by atoms with Gasteiger partial charge in [-0.15, -0.1) is 0 Å². The number of carbonyl (C=O) groups excluding carboxylic acids is 1. The number of aromatic nitrogens is 1. The van der Waals surface area contributed by atoms with Crippen molar-refractivity contribution in [2.24, 2.45) is 0 Å². The minimum atomic E-state index is -0.0962. The van der Waals surface area contributed by atoms with Gasteiger partial charge in [-0.1, -0.05) is 0 Å². The number of ether oxygens (including phenoxy) is 1. The molecule has 1 rings (SSSR count). The Labute approximate surface area is 95.2 Å². The van der Waals surface area contributed by atoms with Gasteiger partial charge in [-0.2, -0.15) is 0 Å². The number of amides is 1. The normalized spacial score (nSPS) is 10.0. The SMILES string of the molecule is CNC(=O)CNc1ncccc1OC(C)C. The summed E-state index contributed by atoms with van der Waals surface area (Å²) in [6, 6.07) is 3.61. The van der Waals surface area contributed by atoms with Gasteiger partial charge in [0.05, 0.1) is 12.6 Å². The topological polar surface area (TPSA) is 63.2 Å². The van der Waals surface area contributed by atoms with E-state index in [-0.39, 0.29) is 18.6 Å². The standard InChI is InChI=1S/C11H17N3O2/c1-8(2)16-9-5-4-6-13-11(9)14-7-10(15)12-3/h4-6,8H,7H2,1-3H3,(H,12,15)(H,13,14). The number of nitrogens with one attached hydrogen (secondary N) is 2. The molecule has 16 heavy (non-hydrogen) atoms. The van der Waals surface area contributed by atoms with Crippen molar-refractivity contribution in [3.8, 4) is 5.75 Å². The molecule has 88 valence electrons. The third-order valence-electron chi connectivity index (χ3n) is 1.83. The summed E-state index contributed by atoms with van der Waals surface area (Å²) in [4.78, 5) is 15.2. The van der Waals surface area contributed by atoms with E-state index in [0.29, 0.717) is 11.6 Å². The minimum Gasteiger partial charge on any atom is -0.487 e. The van der Waals surface area contributed by atoms with Gasteiger partial charge in [-0.25, -0.2) is 4.98 Å². The maximum absolute atomic E-state index is 11.1. The molecule has 1 heterocycles. The van der Waals surface area contributed by atoms with Crippen LogP contribution in [0.2, 0.25) is 0 Å². The van der Waals surface area contributed by atoms with Gasteiger partial charge in [0.25, 0.3) is 0 Å². The van der Waals surface area contributed by atoms with Gasteiger partial charge >= 0.3 is 0 Å². The molecule has 0 fully saturated rings. The van der Waals surface area contributed by atoms with Crippen molar-refractivity contribution in [2.75, 3.05) is 18.9 Å². The monoisotopic (exact) mass is 223 g/mol. The van der Waals surface area contributed by atoms with Crippen LogP contribution in [0.15, 0.2) is 18.3 Å². The predicted molar refractivity (Wildman–Crippen MR) is 62.6 cm³/mol. The first-order valence-electron chi connectivity index (χ1n) is 5.19. The first kappa shape index (κ1) is 12.3. The maximum atomic E-state index is 11.1. The summed E-state index contributed by atoms with van der Waals surface area (Å²) < 4.78 is 5.55. The van der Waals surface area contributed by atoms with Crippen molar-refractivity contribution in [3.63, 3.8) is 0 Å². The summed E-state index contributed by atoms with van der Waals surface area (Å²) in [7, 11) is 1.59. The molecule has 0 bridgehead atoms. The van der Waals surface area contributed by atoms with Gasteiger partial charge in [-0.3, -0.25) is 4.79 Å². The fourth-order valence-electron chi connectivity index (χ4n) is 1.12. The number of carbonyl (C=O) groups is 1. The number of rotatable bonds is 5. The third kappa shape index (κ3) is 3.76. The second-order valence-electron chi connectivity index (χ2n) is 3.54. The molecule has 0 radical (unpaired) electrons. The first-order valence-corrected chi connectivity index (χ1v) is 5.19. The molecule has 0 atom stereocenters. The molecule has 1 aromatic heterocycles. The number of nitrogens with zero attached hydrogens (tertiary/aromatic N) is 1. The lowest BCUT2D eigenvalue weighted by Gasteiger charge is -2.13. The van der Waals surface area contributed by atoms with E-state index < -0.39 is 0 Å². The van der Waals surface area contributed by atoms with Gasteiger partial charge in [0.1, 0.15) is 0 Å². The molecule has 1 aromatic rings. The third-order valence-corrected chi connectivity index (χ3v) is 1.83. The molecular formula is C11H17N3O2. The van der Waals surface area contributed by atoms with Crippen molar-refractivity contribution < 1.29 is 9.53 Å². The van der Waals surface area contributed by atoms with Crippen molar-refractivity contribution in [2.45, 2.75) is 20.0 Å². The Morgan fingerprint density at radius 3 is 2.94 bits per heavy atom. The Bertz CT molecular complexity index is 353. The summed E-state index contributed by atoms with van der Waals surface area (Å²) in [6.45, 7) is 4.06. The van der Waals surface area contributed by atoms with E-state index >= 15 is 0 Å². The van der Waals surface area contributed by atoms with Gasteiger partial charge in [0, 0.05) is 13.2 Å². The molecule has 5 heteroatoms. The highest BCUT2D eigenvalue weighted by atomic mass is 16.5. The zero-order valence-electron chi connectivity index (χ0n) is 9.78. The summed E-state index contributed by atoms with van der Waals surface area (Å²) in [6.07, 6.45) is 1.73. The molecule has 0 saturated heterocycles. The van der Waals surface area contributed by atoms with Crippen LogP contribution < -0.4 is 15.4 Å². The second-order valence-corrected chi connectivity index (χ2v) is 3.54. The lowest BCUT2D eigenvalue weighted by Crippen LogP contribution is -2.26. The molecule has 0 unspecified atom stereocenters. The number of anilines is 1. The maximum Gasteiger partial charge on any atom is 0.239 e. The van der Waals surface area contributed by atoms with Crippen LogP contribution in [0.3, 0.4) is 0 Å². The van der Waals surface area contributed by atoms with Gasteiger partial charge < -0.3 is 15.4 Å². The number of hydrogen-bond acceptors (Lipinski definition) is 4. The smallest absolute Gasteiger partial charge is 0.239 e. The van der Waals surface area contributed by atoms with E-state index in [1.54, 1.807) is 19.3 Å². The second kappa shape index (κ2) is 5.95. The van der Waals surface area contributed by atoms with Crippen LogP contribution in [-0.4, -0.2) is 30.6 Å². The first-order chi connectivity index (χ1) is 7.63. The van der Waals surface area contributed by atoms with Crippen molar-refractivity contribution in [3.05, 3.63) is 18.3 Å². The van der Waals surface area contributed by atoms with Crippen LogP contribution in [-0.2, 0) is 4.79 Å². The zero-order valence-corrected chi connectivity index (χ0v) is 9.78. The average Bonchev–Trinajstić information content (AvgIpc) is 2.26. The van der Waals surface area contributed by atoms with Crippen LogP contribution in [0.4, 0.5) is 5.82 Å². The highest BCUT2D eigenvalue weighted by Crippen LogP contribution is 2.21. The summed E-state index contributed by atoms with van der Waals surface area (Å²) in [5, 5.41) is 5.45. The summed E-state index contributed by atoms with van der Waals surface area (Å²) in [5.74, 6) is 1.14. The van der Waals surface area contributed by atoms with E-state index in [9.17, 15) is 4.79 Å². The Kier molecular flexibility index (Phi) is 4.57. The van der Waals surface area contributed by atoms with Crippen LogP contribution in [0, 0.1) is 0 Å². The number of pyridine rings is 1. The molecule has 0 aromatic carbocycles. The molecule has 0 aliphatic rings. The molecule has 0 saturated carbocycles. The van der Waals surface area contributed by atoms with Crippen LogP contribution in [0.5, 0.6) is 5.75 Å². The van der Waals surface area contributed by atoms with Gasteiger partial charge in [0.15, 0.2) is 11.6 Å². The lowest BCUT2D eigenvalue weighted by atomic mass is 10.4.